The summed E-state index contributed by atoms with van der Waals surface area (Å²) in [5.74, 6) is -0.327. The summed E-state index contributed by atoms with van der Waals surface area (Å²) in [5, 5.41) is 9.13. The van der Waals surface area contributed by atoms with Crippen LogP contribution in [0.15, 0.2) is 36.8 Å². The van der Waals surface area contributed by atoms with E-state index in [1.54, 1.807) is 38.5 Å². The normalized spacial score (nSPS) is 11.3. The second kappa shape index (κ2) is 5.14. The van der Waals surface area contributed by atoms with Crippen LogP contribution in [0, 0.1) is 5.41 Å². The highest BCUT2D eigenvalue weighted by Gasteiger charge is 2.28. The number of pyridine rings is 1. The predicted molar refractivity (Wildman–Crippen MR) is 70.4 cm³/mol. The minimum absolute atomic E-state index is 0.293. The Labute approximate surface area is 111 Å². The minimum atomic E-state index is -0.878. The van der Waals surface area contributed by atoms with Crippen molar-refractivity contribution in [1.82, 2.24) is 15.0 Å². The summed E-state index contributed by atoms with van der Waals surface area (Å²) in [4.78, 5) is 23.6. The Morgan fingerprint density at radius 3 is 2.53 bits per heavy atom. The summed E-state index contributed by atoms with van der Waals surface area (Å²) in [6.07, 6.45) is 5.33. The largest absolute Gasteiger partial charge is 0.481 e. The smallest absolute Gasteiger partial charge is 0.309 e. The molecule has 0 amide bonds. The van der Waals surface area contributed by atoms with Crippen LogP contribution < -0.4 is 0 Å². The van der Waals surface area contributed by atoms with Gasteiger partial charge in [-0.3, -0.25) is 9.78 Å². The molecule has 19 heavy (non-hydrogen) atoms. The first-order chi connectivity index (χ1) is 8.99. The molecule has 0 saturated carbocycles. The van der Waals surface area contributed by atoms with Crippen molar-refractivity contribution in [1.29, 1.82) is 0 Å². The van der Waals surface area contributed by atoms with Gasteiger partial charge in [-0.05, 0) is 32.0 Å². The predicted octanol–water partition coefficient (Wildman–Crippen LogP) is 2.19. The Balaban J connectivity index is 2.28. The van der Waals surface area contributed by atoms with Crippen molar-refractivity contribution in [2.45, 2.75) is 20.3 Å². The Hall–Kier alpha value is -2.30. The van der Waals surface area contributed by atoms with E-state index in [0.29, 0.717) is 12.2 Å². The number of carbonyl (C=O) groups is 1. The molecule has 5 heteroatoms. The van der Waals surface area contributed by atoms with Gasteiger partial charge in [-0.1, -0.05) is 0 Å². The van der Waals surface area contributed by atoms with Crippen LogP contribution in [0.5, 0.6) is 0 Å². The van der Waals surface area contributed by atoms with Crippen LogP contribution >= 0.6 is 0 Å². The van der Waals surface area contributed by atoms with Crippen LogP contribution in [0.1, 0.15) is 19.7 Å². The second-order valence-corrected chi connectivity index (χ2v) is 4.96. The number of aliphatic carboxylic acids is 1. The molecule has 5 nitrogen and oxygen atoms in total. The Bertz CT molecular complexity index is 582. The van der Waals surface area contributed by atoms with Crippen LogP contribution in [0.2, 0.25) is 0 Å². The van der Waals surface area contributed by atoms with Crippen molar-refractivity contribution in [3.8, 4) is 11.3 Å². The molecule has 0 aliphatic rings. The van der Waals surface area contributed by atoms with Crippen molar-refractivity contribution in [2.24, 2.45) is 5.41 Å². The van der Waals surface area contributed by atoms with Crippen molar-refractivity contribution < 1.29 is 9.90 Å². The zero-order valence-electron chi connectivity index (χ0n) is 10.9. The van der Waals surface area contributed by atoms with Gasteiger partial charge in [-0.25, -0.2) is 9.97 Å². The first-order valence-electron chi connectivity index (χ1n) is 5.95. The molecule has 0 aliphatic carbocycles. The van der Waals surface area contributed by atoms with Crippen LogP contribution in [-0.4, -0.2) is 26.0 Å². The van der Waals surface area contributed by atoms with E-state index in [1.807, 2.05) is 12.1 Å². The van der Waals surface area contributed by atoms with Crippen molar-refractivity contribution >= 4 is 5.97 Å². The zero-order chi connectivity index (χ0) is 13.9. The highest BCUT2D eigenvalue weighted by Crippen LogP contribution is 2.22. The number of aromatic nitrogens is 3. The van der Waals surface area contributed by atoms with Crippen LogP contribution in [0.25, 0.3) is 11.3 Å². The van der Waals surface area contributed by atoms with Gasteiger partial charge in [0, 0.05) is 30.6 Å². The van der Waals surface area contributed by atoms with Crippen LogP contribution in [0.3, 0.4) is 0 Å². The molecule has 98 valence electrons. The van der Waals surface area contributed by atoms with Gasteiger partial charge in [0.15, 0.2) is 0 Å². The first kappa shape index (κ1) is 13.1. The maximum atomic E-state index is 11.1. The zero-order valence-corrected chi connectivity index (χ0v) is 10.9. The lowest BCUT2D eigenvalue weighted by Gasteiger charge is -2.17. The van der Waals surface area contributed by atoms with Gasteiger partial charge in [0.05, 0.1) is 11.1 Å². The quantitative estimate of drug-likeness (QED) is 0.908. The standard InChI is InChI=1S/C14H15N3O2/c1-14(2,13(18)19)9-12-16-8-5-11(17-12)10-3-6-15-7-4-10/h3-8H,9H2,1-2H3,(H,18,19). The fourth-order valence-corrected chi connectivity index (χ4v) is 1.64. The highest BCUT2D eigenvalue weighted by molar-refractivity contribution is 5.73. The van der Waals surface area contributed by atoms with Crippen LogP contribution in [0.4, 0.5) is 0 Å². The lowest BCUT2D eigenvalue weighted by atomic mass is 9.89. The monoisotopic (exact) mass is 257 g/mol. The van der Waals surface area contributed by atoms with Crippen molar-refractivity contribution in [3.63, 3.8) is 0 Å². The Kier molecular flexibility index (Phi) is 3.55. The molecule has 0 bridgehead atoms. The third kappa shape index (κ3) is 3.13. The molecule has 0 atom stereocenters. The molecular formula is C14H15N3O2. The lowest BCUT2D eigenvalue weighted by Crippen LogP contribution is -2.27. The minimum Gasteiger partial charge on any atom is -0.481 e. The molecule has 2 heterocycles. The SMILES string of the molecule is CC(C)(Cc1nccc(-c2ccncc2)n1)C(=O)O. The third-order valence-corrected chi connectivity index (χ3v) is 2.86. The molecule has 0 spiro atoms. The molecule has 0 fully saturated rings. The molecule has 2 aromatic rings. The molecule has 0 aromatic carbocycles. The van der Waals surface area contributed by atoms with Crippen LogP contribution in [-0.2, 0) is 11.2 Å². The highest BCUT2D eigenvalue weighted by atomic mass is 16.4. The maximum Gasteiger partial charge on any atom is 0.309 e. The van der Waals surface area contributed by atoms with Crippen molar-refractivity contribution in [2.75, 3.05) is 0 Å². The summed E-state index contributed by atoms with van der Waals surface area (Å²) >= 11 is 0. The summed E-state index contributed by atoms with van der Waals surface area (Å²) in [5.41, 5.74) is 0.831. The van der Waals surface area contributed by atoms with Gasteiger partial charge < -0.3 is 5.11 Å². The van der Waals surface area contributed by atoms with Gasteiger partial charge >= 0.3 is 5.97 Å². The van der Waals surface area contributed by atoms with E-state index >= 15 is 0 Å². The van der Waals surface area contributed by atoms with E-state index in [2.05, 4.69) is 15.0 Å². The van der Waals surface area contributed by atoms with E-state index in [-0.39, 0.29) is 0 Å². The summed E-state index contributed by atoms with van der Waals surface area (Å²) in [6.45, 7) is 3.33. The Morgan fingerprint density at radius 2 is 1.89 bits per heavy atom. The molecule has 0 saturated heterocycles. The average molecular weight is 257 g/mol. The van der Waals surface area contributed by atoms with Gasteiger partial charge in [-0.2, -0.15) is 0 Å². The van der Waals surface area contributed by atoms with E-state index in [0.717, 1.165) is 11.3 Å². The van der Waals surface area contributed by atoms with Gasteiger partial charge in [0.1, 0.15) is 5.82 Å². The van der Waals surface area contributed by atoms with Gasteiger partial charge in [-0.15, -0.1) is 0 Å². The lowest BCUT2D eigenvalue weighted by molar-refractivity contribution is -0.146. The number of carboxylic acid groups (broad SMARTS) is 1. The summed E-state index contributed by atoms with van der Waals surface area (Å²) in [6, 6.07) is 5.51. The second-order valence-electron chi connectivity index (χ2n) is 4.96. The van der Waals surface area contributed by atoms with Gasteiger partial charge in [0.2, 0.25) is 0 Å². The Morgan fingerprint density at radius 1 is 1.21 bits per heavy atom. The fourth-order valence-electron chi connectivity index (χ4n) is 1.64. The molecule has 2 aromatic heterocycles. The van der Waals surface area contributed by atoms with E-state index in [9.17, 15) is 4.79 Å². The number of rotatable bonds is 4. The maximum absolute atomic E-state index is 11.1. The number of hydrogen-bond donors (Lipinski definition) is 1. The molecule has 0 aliphatic heterocycles. The van der Waals surface area contributed by atoms with E-state index in [1.165, 1.54) is 0 Å². The number of hydrogen-bond acceptors (Lipinski definition) is 4. The molecule has 2 rings (SSSR count). The number of nitrogens with zero attached hydrogens (tertiary/aromatic N) is 3. The van der Waals surface area contributed by atoms with Crippen molar-refractivity contribution in [3.05, 3.63) is 42.6 Å². The summed E-state index contributed by atoms with van der Waals surface area (Å²) in [7, 11) is 0. The summed E-state index contributed by atoms with van der Waals surface area (Å²) < 4.78 is 0. The van der Waals surface area contributed by atoms with E-state index in [4.69, 9.17) is 5.11 Å². The average Bonchev–Trinajstić information content (AvgIpc) is 2.39. The van der Waals surface area contributed by atoms with E-state index < -0.39 is 11.4 Å². The molecule has 0 unspecified atom stereocenters. The third-order valence-electron chi connectivity index (χ3n) is 2.86. The molecule has 1 N–H and O–H groups in total. The molecular weight excluding hydrogens is 242 g/mol. The van der Waals surface area contributed by atoms with Gasteiger partial charge in [0.25, 0.3) is 0 Å². The fraction of sp³-hybridized carbons (Fsp3) is 0.286. The molecule has 0 radical (unpaired) electrons. The topological polar surface area (TPSA) is 76.0 Å². The number of carboxylic acids is 1. The first-order valence-corrected chi connectivity index (χ1v) is 5.95.